The summed E-state index contributed by atoms with van der Waals surface area (Å²) in [5.74, 6) is -0.700. The van der Waals surface area contributed by atoms with Crippen LogP contribution >= 0.6 is 0 Å². The summed E-state index contributed by atoms with van der Waals surface area (Å²) in [5.41, 5.74) is 2.63. The number of hydrogen-bond donors (Lipinski definition) is 4. The van der Waals surface area contributed by atoms with E-state index in [1.807, 2.05) is 18.2 Å². The molecule has 3 amide bonds. The number of amides is 3. The van der Waals surface area contributed by atoms with Crippen molar-refractivity contribution in [1.82, 2.24) is 5.32 Å². The van der Waals surface area contributed by atoms with E-state index in [1.165, 1.54) is 24.3 Å². The van der Waals surface area contributed by atoms with Crippen LogP contribution in [0.15, 0.2) is 48.5 Å². The van der Waals surface area contributed by atoms with Gasteiger partial charge in [-0.1, -0.05) is 30.3 Å². The number of carbonyl (C=O) groups is 3. The minimum atomic E-state index is -0.243. The van der Waals surface area contributed by atoms with Gasteiger partial charge in [-0.2, -0.15) is 0 Å². The Balaban J connectivity index is 1.65. The molecule has 0 saturated carbocycles. The zero-order valence-corrected chi connectivity index (χ0v) is 16.7. The second-order valence-electron chi connectivity index (χ2n) is 7.49. The summed E-state index contributed by atoms with van der Waals surface area (Å²) in [6.07, 6.45) is 0.915. The smallest absolute Gasteiger partial charge is 0.251 e. The molecule has 4 N–H and O–H groups in total. The third-order valence-electron chi connectivity index (χ3n) is 4.85. The summed E-state index contributed by atoms with van der Waals surface area (Å²) in [7, 11) is 0. The molecule has 29 heavy (non-hydrogen) atoms. The van der Waals surface area contributed by atoms with E-state index < -0.39 is 0 Å². The van der Waals surface area contributed by atoms with Crippen molar-refractivity contribution in [1.29, 1.82) is 0 Å². The van der Waals surface area contributed by atoms with Gasteiger partial charge in [0.2, 0.25) is 11.8 Å². The van der Waals surface area contributed by atoms with Crippen molar-refractivity contribution in [2.75, 3.05) is 23.7 Å². The van der Waals surface area contributed by atoms with Crippen molar-refractivity contribution < 1.29 is 19.3 Å². The Bertz CT molecular complexity index is 864. The molecule has 1 aliphatic heterocycles. The van der Waals surface area contributed by atoms with E-state index in [4.69, 9.17) is 0 Å². The molecule has 1 unspecified atom stereocenters. The van der Waals surface area contributed by atoms with Gasteiger partial charge in [0.15, 0.2) is 0 Å². The van der Waals surface area contributed by atoms with E-state index in [2.05, 4.69) is 28.1 Å². The molecule has 0 bridgehead atoms. The molecule has 7 heteroatoms. The number of benzene rings is 2. The van der Waals surface area contributed by atoms with E-state index >= 15 is 0 Å². The lowest BCUT2D eigenvalue weighted by molar-refractivity contribution is -0.901. The molecular formula is C22H27N4O3+. The van der Waals surface area contributed by atoms with Crippen molar-refractivity contribution in [2.24, 2.45) is 0 Å². The molecule has 0 spiro atoms. The Hall–Kier alpha value is -3.19. The molecule has 2 aromatic carbocycles. The van der Waals surface area contributed by atoms with Gasteiger partial charge in [0.1, 0.15) is 6.54 Å². The van der Waals surface area contributed by atoms with E-state index in [0.717, 1.165) is 26.1 Å². The van der Waals surface area contributed by atoms with Gasteiger partial charge in [0.05, 0.1) is 19.1 Å². The third-order valence-corrected chi connectivity index (χ3v) is 4.85. The van der Waals surface area contributed by atoms with Gasteiger partial charge in [-0.3, -0.25) is 14.4 Å². The molecule has 0 aliphatic carbocycles. The van der Waals surface area contributed by atoms with Crippen LogP contribution in [0.3, 0.4) is 0 Å². The number of nitrogens with one attached hydrogen (secondary N) is 4. The van der Waals surface area contributed by atoms with Crippen LogP contribution in [0.5, 0.6) is 0 Å². The fraction of sp³-hybridized carbons (Fsp3) is 0.318. The van der Waals surface area contributed by atoms with Gasteiger partial charge in [0, 0.05) is 42.8 Å². The van der Waals surface area contributed by atoms with Crippen LogP contribution in [0.4, 0.5) is 11.4 Å². The molecule has 3 rings (SSSR count). The lowest BCUT2D eigenvalue weighted by Crippen LogP contribution is -3.09. The highest BCUT2D eigenvalue weighted by atomic mass is 16.2. The third kappa shape index (κ3) is 6.15. The van der Waals surface area contributed by atoms with E-state index in [9.17, 15) is 14.4 Å². The molecule has 0 radical (unpaired) electrons. The Labute approximate surface area is 170 Å². The fourth-order valence-electron chi connectivity index (χ4n) is 3.68. The van der Waals surface area contributed by atoms with E-state index in [-0.39, 0.29) is 23.8 Å². The number of rotatable bonds is 6. The van der Waals surface area contributed by atoms with Crippen LogP contribution in [-0.4, -0.2) is 36.9 Å². The lowest BCUT2D eigenvalue weighted by Gasteiger charge is -2.15. The molecule has 2 atom stereocenters. The normalized spacial score (nSPS) is 18.1. The maximum atomic E-state index is 12.8. The largest absolute Gasteiger partial charge is 0.343 e. The predicted molar refractivity (Wildman–Crippen MR) is 112 cm³/mol. The highest BCUT2D eigenvalue weighted by Crippen LogP contribution is 2.20. The number of carbonyl (C=O) groups excluding carboxylic acids is 3. The van der Waals surface area contributed by atoms with Crippen LogP contribution in [-0.2, 0) is 16.1 Å². The highest BCUT2D eigenvalue weighted by Gasteiger charge is 2.27. The first-order valence-electron chi connectivity index (χ1n) is 9.77. The average molecular weight is 395 g/mol. The van der Waals surface area contributed by atoms with Gasteiger partial charge in [-0.05, 0) is 18.2 Å². The maximum Gasteiger partial charge on any atom is 0.251 e. The van der Waals surface area contributed by atoms with Gasteiger partial charge in [-0.15, -0.1) is 0 Å². The standard InChI is InChI=1S/C22H26N4O3/c1-15(27)23-20-10-18(11-21(12-20)24-16(2)28)22(29)25-19-8-9-26(14-19)13-17-6-4-3-5-7-17/h3-7,10-12,19H,8-9,13-14H2,1-2H3,(H,23,27)(H,24,28)(H,25,29)/p+1/t19-/m1/s1. The molecule has 1 fully saturated rings. The van der Waals surface area contributed by atoms with E-state index in [1.54, 1.807) is 18.2 Å². The van der Waals surface area contributed by atoms with Crippen LogP contribution in [0.25, 0.3) is 0 Å². The highest BCUT2D eigenvalue weighted by molar-refractivity contribution is 6.00. The Morgan fingerprint density at radius 3 is 2.17 bits per heavy atom. The van der Waals surface area contributed by atoms with Crippen LogP contribution in [0, 0.1) is 0 Å². The Morgan fingerprint density at radius 2 is 1.59 bits per heavy atom. The van der Waals surface area contributed by atoms with Crippen molar-refractivity contribution in [2.45, 2.75) is 32.9 Å². The predicted octanol–water partition coefficient (Wildman–Crippen LogP) is 1.19. The van der Waals surface area contributed by atoms with Crippen LogP contribution < -0.4 is 20.9 Å². The zero-order chi connectivity index (χ0) is 20.8. The molecule has 1 aliphatic rings. The summed E-state index contributed by atoms with van der Waals surface area (Å²) < 4.78 is 0. The van der Waals surface area contributed by atoms with Crippen LogP contribution in [0.1, 0.15) is 36.2 Å². The van der Waals surface area contributed by atoms with Gasteiger partial charge < -0.3 is 20.9 Å². The second-order valence-corrected chi connectivity index (χ2v) is 7.49. The quantitative estimate of drug-likeness (QED) is 0.592. The summed E-state index contributed by atoms with van der Waals surface area (Å²) in [6.45, 7) is 5.60. The van der Waals surface area contributed by atoms with Gasteiger partial charge >= 0.3 is 0 Å². The summed E-state index contributed by atoms with van der Waals surface area (Å²) in [5, 5.41) is 8.42. The molecule has 2 aromatic rings. The number of quaternary nitrogens is 1. The first-order valence-corrected chi connectivity index (χ1v) is 9.77. The molecular weight excluding hydrogens is 368 g/mol. The fourth-order valence-corrected chi connectivity index (χ4v) is 3.68. The first-order chi connectivity index (χ1) is 13.9. The molecule has 1 heterocycles. The second kappa shape index (κ2) is 9.34. The first kappa shape index (κ1) is 20.5. The van der Waals surface area contributed by atoms with Crippen molar-refractivity contribution >= 4 is 29.1 Å². The van der Waals surface area contributed by atoms with Crippen molar-refractivity contribution in [3.8, 4) is 0 Å². The lowest BCUT2D eigenvalue weighted by atomic mass is 10.1. The minimum absolute atomic E-state index is 0.0925. The minimum Gasteiger partial charge on any atom is -0.343 e. The monoisotopic (exact) mass is 395 g/mol. The average Bonchev–Trinajstić information content (AvgIpc) is 3.08. The molecule has 152 valence electrons. The van der Waals surface area contributed by atoms with Gasteiger partial charge in [0.25, 0.3) is 5.91 Å². The summed E-state index contributed by atoms with van der Waals surface area (Å²) >= 11 is 0. The number of anilines is 2. The summed E-state index contributed by atoms with van der Waals surface area (Å²) in [6, 6.07) is 15.3. The van der Waals surface area contributed by atoms with Crippen LogP contribution in [0.2, 0.25) is 0 Å². The molecule has 0 aromatic heterocycles. The maximum absolute atomic E-state index is 12.8. The molecule has 1 saturated heterocycles. The number of likely N-dealkylation sites (tertiary alicyclic amines) is 1. The molecule has 7 nitrogen and oxygen atoms in total. The topological polar surface area (TPSA) is 91.7 Å². The number of hydrogen-bond acceptors (Lipinski definition) is 3. The van der Waals surface area contributed by atoms with E-state index in [0.29, 0.717) is 16.9 Å². The zero-order valence-electron chi connectivity index (χ0n) is 16.7. The van der Waals surface area contributed by atoms with Crippen molar-refractivity contribution in [3.05, 3.63) is 59.7 Å². The Kier molecular flexibility index (Phi) is 6.61. The van der Waals surface area contributed by atoms with Crippen molar-refractivity contribution in [3.63, 3.8) is 0 Å². The van der Waals surface area contributed by atoms with Gasteiger partial charge in [-0.25, -0.2) is 0 Å². The summed E-state index contributed by atoms with van der Waals surface area (Å²) in [4.78, 5) is 37.0. The Morgan fingerprint density at radius 1 is 0.966 bits per heavy atom. The SMILES string of the molecule is CC(=O)Nc1cc(NC(C)=O)cc(C(=O)N[C@@H]2CC[NH+](Cc3ccccc3)C2)c1.